The van der Waals surface area contributed by atoms with Crippen molar-refractivity contribution in [1.29, 1.82) is 0 Å². The second-order valence-electron chi connectivity index (χ2n) is 4.61. The van der Waals surface area contributed by atoms with Gasteiger partial charge in [0.2, 0.25) is 0 Å². The molecule has 1 aliphatic rings. The fourth-order valence-corrected chi connectivity index (χ4v) is 2.73. The van der Waals surface area contributed by atoms with Crippen LogP contribution in [0, 0.1) is 5.82 Å². The molecule has 1 aromatic rings. The average molecular weight is 305 g/mol. The Hall–Kier alpha value is -0.810. The highest BCUT2D eigenvalue weighted by Gasteiger charge is 2.31. The maximum absolute atomic E-state index is 14.4. The summed E-state index contributed by atoms with van der Waals surface area (Å²) in [5, 5.41) is 9.34. The van der Waals surface area contributed by atoms with Gasteiger partial charge in [-0.05, 0) is 6.07 Å². The molecule has 0 bridgehead atoms. The van der Waals surface area contributed by atoms with Crippen LogP contribution in [-0.4, -0.2) is 24.9 Å². The number of halogens is 2. The van der Waals surface area contributed by atoms with Gasteiger partial charge in [-0.15, -0.1) is 0 Å². The molecular formula is C12H14BrFO3. The minimum absolute atomic E-state index is 0.135. The zero-order valence-corrected chi connectivity index (χ0v) is 11.3. The Kier molecular flexibility index (Phi) is 3.32. The van der Waals surface area contributed by atoms with Crippen molar-refractivity contribution >= 4 is 15.9 Å². The van der Waals surface area contributed by atoms with Crippen molar-refractivity contribution in [1.82, 2.24) is 0 Å². The third kappa shape index (κ3) is 2.13. The predicted molar refractivity (Wildman–Crippen MR) is 65.2 cm³/mol. The van der Waals surface area contributed by atoms with Crippen molar-refractivity contribution in [2.75, 3.05) is 19.8 Å². The molecule has 0 unspecified atom stereocenters. The van der Waals surface area contributed by atoms with Crippen molar-refractivity contribution in [3.05, 3.63) is 21.9 Å². The van der Waals surface area contributed by atoms with Crippen LogP contribution in [0.5, 0.6) is 11.5 Å². The first kappa shape index (κ1) is 12.6. The van der Waals surface area contributed by atoms with Crippen LogP contribution in [0.4, 0.5) is 4.39 Å². The molecule has 0 atom stereocenters. The molecule has 0 fully saturated rings. The van der Waals surface area contributed by atoms with E-state index in [0.717, 1.165) is 0 Å². The van der Waals surface area contributed by atoms with Gasteiger partial charge in [0.1, 0.15) is 13.2 Å². The molecule has 0 spiro atoms. The lowest BCUT2D eigenvalue weighted by molar-refractivity contribution is 0.161. The van der Waals surface area contributed by atoms with Gasteiger partial charge in [0.25, 0.3) is 0 Å². The summed E-state index contributed by atoms with van der Waals surface area (Å²) in [6.07, 6.45) is 0. The normalized spacial score (nSPS) is 14.9. The molecule has 1 aromatic carbocycles. The number of aliphatic hydroxyl groups is 1. The van der Waals surface area contributed by atoms with Gasteiger partial charge < -0.3 is 14.6 Å². The minimum Gasteiger partial charge on any atom is -0.486 e. The van der Waals surface area contributed by atoms with Crippen molar-refractivity contribution in [3.8, 4) is 11.5 Å². The summed E-state index contributed by atoms with van der Waals surface area (Å²) in [6, 6.07) is 1.68. The van der Waals surface area contributed by atoms with Crippen LogP contribution in [0.1, 0.15) is 19.4 Å². The number of hydrogen-bond acceptors (Lipinski definition) is 3. The molecule has 3 nitrogen and oxygen atoms in total. The maximum atomic E-state index is 14.4. The van der Waals surface area contributed by atoms with Crippen molar-refractivity contribution in [2.45, 2.75) is 19.3 Å². The van der Waals surface area contributed by atoms with Crippen LogP contribution in [0.2, 0.25) is 0 Å². The molecule has 0 saturated heterocycles. The van der Waals surface area contributed by atoms with Crippen LogP contribution in [0.25, 0.3) is 0 Å². The number of benzene rings is 1. The first-order chi connectivity index (χ1) is 7.97. The molecule has 0 radical (unpaired) electrons. The standard InChI is InChI=1S/C12H14BrFO3/c1-12(2,6-15)9-7(13)5-8-11(10(9)14)17-4-3-16-8/h5,15H,3-4,6H2,1-2H3. The zero-order chi connectivity index (χ0) is 12.6. The third-order valence-electron chi connectivity index (χ3n) is 2.80. The van der Waals surface area contributed by atoms with Crippen LogP contribution in [-0.2, 0) is 5.41 Å². The Bertz CT molecular complexity index is 446. The molecular weight excluding hydrogens is 291 g/mol. The van der Waals surface area contributed by atoms with Gasteiger partial charge in [-0.25, -0.2) is 4.39 Å². The number of rotatable bonds is 2. The van der Waals surface area contributed by atoms with E-state index in [1.54, 1.807) is 19.9 Å². The molecule has 5 heteroatoms. The number of ether oxygens (including phenoxy) is 2. The van der Waals surface area contributed by atoms with E-state index >= 15 is 0 Å². The van der Waals surface area contributed by atoms with E-state index in [9.17, 15) is 9.50 Å². The van der Waals surface area contributed by atoms with Crippen LogP contribution >= 0.6 is 15.9 Å². The van der Waals surface area contributed by atoms with Gasteiger partial charge in [-0.3, -0.25) is 0 Å². The maximum Gasteiger partial charge on any atom is 0.197 e. The molecule has 0 aliphatic carbocycles. The molecule has 1 heterocycles. The highest BCUT2D eigenvalue weighted by Crippen LogP contribution is 2.43. The van der Waals surface area contributed by atoms with Gasteiger partial charge in [-0.2, -0.15) is 0 Å². The number of aliphatic hydroxyl groups excluding tert-OH is 1. The summed E-state index contributed by atoms with van der Waals surface area (Å²) in [5.41, 5.74) is -0.275. The summed E-state index contributed by atoms with van der Waals surface area (Å²) in [5.74, 6) is 0.0715. The first-order valence-corrected chi connectivity index (χ1v) is 6.15. The molecule has 1 aliphatic heterocycles. The van der Waals surface area contributed by atoms with E-state index in [1.165, 1.54) is 0 Å². The highest BCUT2D eigenvalue weighted by atomic mass is 79.9. The van der Waals surface area contributed by atoms with E-state index in [0.29, 0.717) is 29.0 Å². The summed E-state index contributed by atoms with van der Waals surface area (Å²) < 4.78 is 25.5. The van der Waals surface area contributed by atoms with Crippen molar-refractivity contribution in [3.63, 3.8) is 0 Å². The Morgan fingerprint density at radius 1 is 1.41 bits per heavy atom. The lowest BCUT2D eigenvalue weighted by Gasteiger charge is -2.28. The quantitative estimate of drug-likeness (QED) is 0.913. The van der Waals surface area contributed by atoms with Crippen LogP contribution < -0.4 is 9.47 Å². The van der Waals surface area contributed by atoms with Crippen molar-refractivity contribution in [2.24, 2.45) is 0 Å². The molecule has 0 saturated carbocycles. The van der Waals surface area contributed by atoms with E-state index in [-0.39, 0.29) is 12.4 Å². The summed E-state index contributed by atoms with van der Waals surface area (Å²) in [4.78, 5) is 0. The lowest BCUT2D eigenvalue weighted by atomic mass is 9.85. The monoisotopic (exact) mass is 304 g/mol. The second kappa shape index (κ2) is 4.46. The number of fused-ring (bicyclic) bond motifs is 1. The van der Waals surface area contributed by atoms with E-state index in [4.69, 9.17) is 9.47 Å². The Balaban J connectivity index is 2.61. The highest BCUT2D eigenvalue weighted by molar-refractivity contribution is 9.10. The fourth-order valence-electron chi connectivity index (χ4n) is 1.82. The average Bonchev–Trinajstić information content (AvgIpc) is 2.28. The predicted octanol–water partition coefficient (Wildman–Crippen LogP) is 2.63. The topological polar surface area (TPSA) is 38.7 Å². The van der Waals surface area contributed by atoms with Gasteiger partial charge in [-0.1, -0.05) is 29.8 Å². The molecule has 1 N–H and O–H groups in total. The van der Waals surface area contributed by atoms with Gasteiger partial charge >= 0.3 is 0 Å². The first-order valence-electron chi connectivity index (χ1n) is 5.36. The molecule has 0 aromatic heterocycles. The molecule has 17 heavy (non-hydrogen) atoms. The van der Waals surface area contributed by atoms with Gasteiger partial charge in [0.05, 0.1) is 6.61 Å². The Labute approximate surface area is 108 Å². The summed E-state index contributed by atoms with van der Waals surface area (Å²) in [6.45, 7) is 4.15. The smallest absolute Gasteiger partial charge is 0.197 e. The van der Waals surface area contributed by atoms with Crippen molar-refractivity contribution < 1.29 is 19.0 Å². The van der Waals surface area contributed by atoms with Gasteiger partial charge in [0, 0.05) is 15.5 Å². The zero-order valence-electron chi connectivity index (χ0n) is 9.72. The Morgan fingerprint density at radius 2 is 2.06 bits per heavy atom. The molecule has 94 valence electrons. The summed E-state index contributed by atoms with van der Waals surface area (Å²) in [7, 11) is 0. The van der Waals surface area contributed by atoms with Crippen LogP contribution in [0.3, 0.4) is 0 Å². The minimum atomic E-state index is -0.682. The molecule has 0 amide bonds. The Morgan fingerprint density at radius 3 is 2.71 bits per heavy atom. The van der Waals surface area contributed by atoms with E-state index in [2.05, 4.69) is 15.9 Å². The van der Waals surface area contributed by atoms with E-state index < -0.39 is 11.2 Å². The largest absolute Gasteiger partial charge is 0.486 e. The third-order valence-corrected chi connectivity index (χ3v) is 3.42. The van der Waals surface area contributed by atoms with E-state index in [1.807, 2.05) is 0 Å². The number of hydrogen-bond donors (Lipinski definition) is 1. The molecule has 2 rings (SSSR count). The second-order valence-corrected chi connectivity index (χ2v) is 5.47. The van der Waals surface area contributed by atoms with Crippen LogP contribution in [0.15, 0.2) is 10.5 Å². The lowest BCUT2D eigenvalue weighted by Crippen LogP contribution is -2.26. The fraction of sp³-hybridized carbons (Fsp3) is 0.500. The summed E-state index contributed by atoms with van der Waals surface area (Å²) >= 11 is 3.32. The van der Waals surface area contributed by atoms with Gasteiger partial charge in [0.15, 0.2) is 17.3 Å². The SMILES string of the molecule is CC(C)(CO)c1c(Br)cc2c(c1F)OCCO2.